The molecule has 0 saturated carbocycles. The fourth-order valence-corrected chi connectivity index (χ4v) is 5.62. The van der Waals surface area contributed by atoms with Gasteiger partial charge in [-0.2, -0.15) is 0 Å². The van der Waals surface area contributed by atoms with E-state index in [2.05, 4.69) is 17.0 Å². The van der Waals surface area contributed by atoms with Crippen LogP contribution < -0.4 is 5.43 Å². The van der Waals surface area contributed by atoms with E-state index in [-0.39, 0.29) is 46.3 Å². The Balaban J connectivity index is 0.00000405. The Kier molecular flexibility index (Phi) is 9.49. The molecule has 1 amide bonds. The molecule has 1 saturated heterocycles. The van der Waals surface area contributed by atoms with Crippen molar-refractivity contribution in [3.8, 4) is 28.4 Å². The van der Waals surface area contributed by atoms with E-state index in [1.807, 2.05) is 36.9 Å². The maximum atomic E-state index is 13.6. The number of amides is 1. The zero-order valence-corrected chi connectivity index (χ0v) is 24.9. The molecule has 2 heterocycles. The van der Waals surface area contributed by atoms with Gasteiger partial charge in [-0.15, -0.1) is 12.4 Å². The lowest BCUT2D eigenvalue weighted by Gasteiger charge is -2.22. The topological polar surface area (TPSA) is 114 Å². The van der Waals surface area contributed by atoms with Crippen LogP contribution in [0, 0.1) is 12.8 Å². The quantitative estimate of drug-likeness (QED) is 0.240. The van der Waals surface area contributed by atoms with Crippen LogP contribution in [-0.2, 0) is 13.0 Å². The number of carbonyl (C=O) groups excluding carboxylic acids is 1. The number of phenolic OH excluding ortho intramolecular Hbond substituents is 3. The predicted molar refractivity (Wildman–Crippen MR) is 166 cm³/mol. The van der Waals surface area contributed by atoms with Gasteiger partial charge in [0.2, 0.25) is 11.2 Å². The van der Waals surface area contributed by atoms with Crippen LogP contribution >= 0.6 is 12.4 Å². The van der Waals surface area contributed by atoms with Gasteiger partial charge >= 0.3 is 0 Å². The number of rotatable bonds is 6. The Labute approximate surface area is 251 Å². The maximum Gasteiger partial charge on any atom is 0.253 e. The number of benzene rings is 3. The van der Waals surface area contributed by atoms with Gasteiger partial charge < -0.3 is 24.6 Å². The van der Waals surface area contributed by atoms with Gasteiger partial charge in [0, 0.05) is 43.9 Å². The first-order valence-corrected chi connectivity index (χ1v) is 14.0. The number of phenols is 3. The number of hydrogen-bond donors (Lipinski definition) is 3. The minimum Gasteiger partial charge on any atom is -0.504 e. The van der Waals surface area contributed by atoms with Gasteiger partial charge in [0.1, 0.15) is 16.7 Å². The molecule has 1 aliphatic rings. The minimum absolute atomic E-state index is 0. The van der Waals surface area contributed by atoms with E-state index in [0.29, 0.717) is 36.4 Å². The molecule has 42 heavy (non-hydrogen) atoms. The lowest BCUT2D eigenvalue weighted by molar-refractivity contribution is 0.0761. The molecule has 9 heteroatoms. The predicted octanol–water partition coefficient (Wildman–Crippen LogP) is 5.85. The molecule has 4 aromatic rings. The van der Waals surface area contributed by atoms with Crippen molar-refractivity contribution in [3.63, 3.8) is 0 Å². The minimum atomic E-state index is -0.740. The van der Waals surface area contributed by atoms with Crippen LogP contribution in [0.2, 0.25) is 0 Å². The molecule has 1 aliphatic heterocycles. The summed E-state index contributed by atoms with van der Waals surface area (Å²) in [6.45, 7) is 9.40. The standard InChI is InChI=1S/C33H36N2O6.ClH/c1-20(2)18-25-28(36)31(39)30(38)27-29(37)26(21(3)41-32(25)27)23-10-12-24(13-11-23)33(40)35-15-7-14-34(16-17-35)19-22-8-5-4-6-9-22;/h4-6,8-13,20,36,38-39H,7,14-19H2,1-3H3;1H. The average molecular weight is 593 g/mol. The van der Waals surface area contributed by atoms with Crippen molar-refractivity contribution >= 4 is 29.3 Å². The number of fused-ring (bicyclic) bond motifs is 1. The van der Waals surface area contributed by atoms with Gasteiger partial charge in [0.15, 0.2) is 11.5 Å². The summed E-state index contributed by atoms with van der Waals surface area (Å²) in [5.41, 5.74) is 2.35. The Hall–Kier alpha value is -4.01. The number of hydrogen-bond acceptors (Lipinski definition) is 7. The summed E-state index contributed by atoms with van der Waals surface area (Å²) in [7, 11) is 0. The van der Waals surface area contributed by atoms with Crippen molar-refractivity contribution in [3.05, 3.63) is 87.3 Å². The normalized spacial score (nSPS) is 14.1. The number of halogens is 1. The summed E-state index contributed by atoms with van der Waals surface area (Å²) in [4.78, 5) is 31.2. The molecule has 1 fully saturated rings. The van der Waals surface area contributed by atoms with Gasteiger partial charge in [0.05, 0.1) is 5.56 Å². The summed E-state index contributed by atoms with van der Waals surface area (Å²) in [5.74, 6) is -1.60. The van der Waals surface area contributed by atoms with Crippen molar-refractivity contribution in [1.29, 1.82) is 0 Å². The molecule has 3 aromatic carbocycles. The second-order valence-corrected chi connectivity index (χ2v) is 11.2. The molecule has 1 aromatic heterocycles. The number of aromatic hydroxyl groups is 3. The van der Waals surface area contributed by atoms with E-state index in [1.165, 1.54) is 5.56 Å². The van der Waals surface area contributed by atoms with E-state index in [9.17, 15) is 24.9 Å². The average Bonchev–Trinajstić information content (AvgIpc) is 3.20. The molecule has 0 atom stereocenters. The molecule has 0 bridgehead atoms. The number of carbonyl (C=O) groups is 1. The smallest absolute Gasteiger partial charge is 0.253 e. The zero-order chi connectivity index (χ0) is 29.3. The highest BCUT2D eigenvalue weighted by Crippen LogP contribution is 2.45. The molecule has 5 rings (SSSR count). The van der Waals surface area contributed by atoms with Crippen molar-refractivity contribution in [2.45, 2.75) is 40.2 Å². The molecular formula is C33H37ClN2O6. The number of nitrogens with zero attached hydrogens (tertiary/aromatic N) is 2. The third-order valence-corrected chi connectivity index (χ3v) is 7.69. The molecular weight excluding hydrogens is 556 g/mol. The molecule has 222 valence electrons. The SMILES string of the molecule is Cc1oc2c(CC(C)C)c(O)c(O)c(O)c2c(=O)c1-c1ccc(C(=O)N2CCCN(Cc3ccccc3)CC2)cc1.Cl. The second-order valence-electron chi connectivity index (χ2n) is 11.2. The first kappa shape index (κ1) is 30.9. The van der Waals surface area contributed by atoms with Crippen LogP contribution in [0.5, 0.6) is 17.2 Å². The van der Waals surface area contributed by atoms with E-state index in [4.69, 9.17) is 4.42 Å². The first-order chi connectivity index (χ1) is 19.7. The Bertz CT molecular complexity index is 1630. The van der Waals surface area contributed by atoms with Crippen LogP contribution in [0.1, 0.15) is 47.5 Å². The monoisotopic (exact) mass is 592 g/mol. The van der Waals surface area contributed by atoms with Crippen molar-refractivity contribution < 1.29 is 24.5 Å². The second kappa shape index (κ2) is 12.9. The molecule has 8 nitrogen and oxygen atoms in total. The maximum absolute atomic E-state index is 13.6. The highest BCUT2D eigenvalue weighted by molar-refractivity contribution is 5.96. The van der Waals surface area contributed by atoms with Crippen molar-refractivity contribution in [1.82, 2.24) is 9.80 Å². The number of aryl methyl sites for hydroxylation is 1. The molecule has 0 spiro atoms. The third kappa shape index (κ3) is 6.10. The fourth-order valence-electron chi connectivity index (χ4n) is 5.62. The van der Waals surface area contributed by atoms with Gasteiger partial charge in [-0.05, 0) is 48.9 Å². The van der Waals surface area contributed by atoms with E-state index >= 15 is 0 Å². The van der Waals surface area contributed by atoms with Crippen molar-refractivity contribution in [2.75, 3.05) is 26.2 Å². The van der Waals surface area contributed by atoms with E-state index < -0.39 is 22.7 Å². The van der Waals surface area contributed by atoms with Gasteiger partial charge in [-0.1, -0.05) is 56.3 Å². The highest BCUT2D eigenvalue weighted by atomic mass is 35.5. The lowest BCUT2D eigenvalue weighted by atomic mass is 9.95. The summed E-state index contributed by atoms with van der Waals surface area (Å²) >= 11 is 0. The highest BCUT2D eigenvalue weighted by Gasteiger charge is 2.26. The lowest BCUT2D eigenvalue weighted by Crippen LogP contribution is -2.35. The Morgan fingerprint density at radius 2 is 1.60 bits per heavy atom. The van der Waals surface area contributed by atoms with E-state index in [1.54, 1.807) is 31.2 Å². The van der Waals surface area contributed by atoms with Crippen LogP contribution in [0.15, 0.2) is 63.8 Å². The van der Waals surface area contributed by atoms with Crippen LogP contribution in [0.25, 0.3) is 22.1 Å². The van der Waals surface area contributed by atoms with Crippen molar-refractivity contribution in [2.24, 2.45) is 5.92 Å². The summed E-state index contributed by atoms with van der Waals surface area (Å²) in [6.07, 6.45) is 1.23. The summed E-state index contributed by atoms with van der Waals surface area (Å²) in [5, 5.41) is 31.3. The molecule has 0 radical (unpaired) electrons. The van der Waals surface area contributed by atoms with Crippen LogP contribution in [-0.4, -0.2) is 57.2 Å². The molecule has 0 aliphatic carbocycles. The van der Waals surface area contributed by atoms with Gasteiger partial charge in [0.25, 0.3) is 5.91 Å². The van der Waals surface area contributed by atoms with Gasteiger partial charge in [-0.3, -0.25) is 14.5 Å². The first-order valence-electron chi connectivity index (χ1n) is 14.0. The fraction of sp³-hybridized carbons (Fsp3) is 0.333. The third-order valence-electron chi connectivity index (χ3n) is 7.69. The molecule has 0 unspecified atom stereocenters. The molecule has 3 N–H and O–H groups in total. The Morgan fingerprint density at radius 1 is 0.905 bits per heavy atom. The zero-order valence-electron chi connectivity index (χ0n) is 24.1. The van der Waals surface area contributed by atoms with Crippen LogP contribution in [0.4, 0.5) is 0 Å². The van der Waals surface area contributed by atoms with Crippen LogP contribution in [0.3, 0.4) is 0 Å². The summed E-state index contributed by atoms with van der Waals surface area (Å²) < 4.78 is 6.01. The summed E-state index contributed by atoms with van der Waals surface area (Å²) in [6, 6.07) is 17.1. The van der Waals surface area contributed by atoms with Gasteiger partial charge in [-0.25, -0.2) is 0 Å². The van der Waals surface area contributed by atoms with E-state index in [0.717, 1.165) is 26.1 Å². The largest absolute Gasteiger partial charge is 0.504 e. The Morgan fingerprint density at radius 3 is 2.26 bits per heavy atom.